The Morgan fingerprint density at radius 2 is 1.97 bits per heavy atom. The summed E-state index contributed by atoms with van der Waals surface area (Å²) >= 11 is 6.30. The van der Waals surface area contributed by atoms with Crippen LogP contribution in [0.4, 0.5) is 0 Å². The summed E-state index contributed by atoms with van der Waals surface area (Å²) < 4.78 is 7.63. The van der Waals surface area contributed by atoms with Crippen LogP contribution < -0.4 is 0 Å². The lowest BCUT2D eigenvalue weighted by molar-refractivity contribution is 0.0432. The van der Waals surface area contributed by atoms with Gasteiger partial charge in [-0.2, -0.15) is 5.10 Å². The van der Waals surface area contributed by atoms with Crippen molar-refractivity contribution in [3.8, 4) is 0 Å². The van der Waals surface area contributed by atoms with Gasteiger partial charge in [-0.1, -0.05) is 29.8 Å². The molecule has 1 aromatic carbocycles. The van der Waals surface area contributed by atoms with E-state index in [4.69, 9.17) is 16.3 Å². The third-order valence-electron chi connectivity index (χ3n) is 6.02. The highest BCUT2D eigenvalue weighted by Crippen LogP contribution is 2.21. The molecule has 1 amide bonds. The Morgan fingerprint density at radius 1 is 1.21 bits per heavy atom. The van der Waals surface area contributed by atoms with Crippen LogP contribution in [0.5, 0.6) is 0 Å². The predicted molar refractivity (Wildman–Crippen MR) is 114 cm³/mol. The normalized spacial score (nSPS) is 20.4. The zero-order chi connectivity index (χ0) is 20.4. The molecule has 0 saturated carbocycles. The lowest BCUT2D eigenvalue weighted by atomic mass is 10.1. The number of aryl methyl sites for hydroxylation is 1. The number of ether oxygens (including phenoxy) is 1. The minimum Gasteiger partial charge on any atom is -0.377 e. The van der Waals surface area contributed by atoms with E-state index in [1.807, 2.05) is 47.7 Å². The first-order chi connectivity index (χ1) is 14.0. The van der Waals surface area contributed by atoms with Crippen molar-refractivity contribution in [2.75, 3.05) is 39.3 Å². The van der Waals surface area contributed by atoms with E-state index >= 15 is 0 Å². The molecule has 2 aliphatic rings. The van der Waals surface area contributed by atoms with Crippen LogP contribution in [0.3, 0.4) is 0 Å². The largest absolute Gasteiger partial charge is 0.377 e. The van der Waals surface area contributed by atoms with Gasteiger partial charge in [0.1, 0.15) is 0 Å². The molecule has 2 saturated heterocycles. The minimum atomic E-state index is 0.0853. The number of carbonyl (C=O) groups excluding carboxylic acids is 1. The number of carbonyl (C=O) groups is 1. The van der Waals surface area contributed by atoms with Crippen LogP contribution in [0.25, 0.3) is 0 Å². The molecule has 4 rings (SSSR count). The van der Waals surface area contributed by atoms with Gasteiger partial charge in [-0.15, -0.1) is 0 Å². The van der Waals surface area contributed by atoms with E-state index in [0.29, 0.717) is 12.6 Å². The van der Waals surface area contributed by atoms with Crippen LogP contribution in [0.1, 0.15) is 40.2 Å². The molecule has 0 spiro atoms. The quantitative estimate of drug-likeness (QED) is 0.751. The van der Waals surface area contributed by atoms with Crippen molar-refractivity contribution < 1.29 is 9.53 Å². The van der Waals surface area contributed by atoms with Gasteiger partial charge < -0.3 is 9.64 Å². The van der Waals surface area contributed by atoms with Gasteiger partial charge >= 0.3 is 0 Å². The summed E-state index contributed by atoms with van der Waals surface area (Å²) in [6, 6.07) is 7.76. The second-order valence-electron chi connectivity index (χ2n) is 8.02. The van der Waals surface area contributed by atoms with E-state index < -0.39 is 0 Å². The highest BCUT2D eigenvalue weighted by Gasteiger charge is 2.28. The fourth-order valence-electron chi connectivity index (χ4n) is 4.32. The molecular formula is C22H29ClN4O2. The minimum absolute atomic E-state index is 0.0853. The number of nitrogens with zero attached hydrogens (tertiary/aromatic N) is 4. The van der Waals surface area contributed by atoms with Crippen LogP contribution in [-0.2, 0) is 11.3 Å². The average molecular weight is 417 g/mol. The molecule has 2 aliphatic heterocycles. The molecule has 1 aromatic heterocycles. The molecule has 1 unspecified atom stereocenters. The molecule has 0 N–H and O–H groups in total. The monoisotopic (exact) mass is 416 g/mol. The van der Waals surface area contributed by atoms with E-state index in [1.54, 1.807) is 0 Å². The van der Waals surface area contributed by atoms with Gasteiger partial charge in [0.15, 0.2) is 0 Å². The van der Waals surface area contributed by atoms with Gasteiger partial charge in [-0.25, -0.2) is 0 Å². The van der Waals surface area contributed by atoms with Gasteiger partial charge in [0, 0.05) is 50.0 Å². The SMILES string of the molecule is Cc1nn(Cc2ccccc2Cl)c(C)c1C(=O)N1CCN(CC2CCCO2)CC1. The zero-order valence-corrected chi connectivity index (χ0v) is 18.0. The number of halogens is 1. The first-order valence-corrected chi connectivity index (χ1v) is 10.8. The number of amides is 1. The molecule has 3 heterocycles. The summed E-state index contributed by atoms with van der Waals surface area (Å²) in [5.41, 5.74) is 3.40. The first kappa shape index (κ1) is 20.4. The molecule has 0 aliphatic carbocycles. The number of hydrogen-bond acceptors (Lipinski definition) is 4. The standard InChI is InChI=1S/C22H29ClN4O2/c1-16-21(17(2)27(24-16)14-18-6-3-4-8-20(18)23)22(28)26-11-9-25(10-12-26)15-19-7-5-13-29-19/h3-4,6,8,19H,5,7,9-15H2,1-2H3. The summed E-state index contributed by atoms with van der Waals surface area (Å²) in [5.74, 6) is 0.0853. The molecule has 7 heteroatoms. The fourth-order valence-corrected chi connectivity index (χ4v) is 4.51. The van der Waals surface area contributed by atoms with Crippen molar-refractivity contribution in [1.29, 1.82) is 0 Å². The number of rotatable bonds is 5. The van der Waals surface area contributed by atoms with Crippen LogP contribution in [-0.4, -0.2) is 70.9 Å². The molecule has 2 fully saturated rings. The second-order valence-corrected chi connectivity index (χ2v) is 8.43. The Hall–Kier alpha value is -1.89. The van der Waals surface area contributed by atoms with Crippen molar-refractivity contribution in [3.05, 3.63) is 51.8 Å². The van der Waals surface area contributed by atoms with Gasteiger partial charge in [-0.05, 0) is 38.3 Å². The van der Waals surface area contributed by atoms with Gasteiger partial charge in [0.25, 0.3) is 5.91 Å². The molecule has 156 valence electrons. The van der Waals surface area contributed by atoms with E-state index in [-0.39, 0.29) is 5.91 Å². The third-order valence-corrected chi connectivity index (χ3v) is 6.39. The molecular weight excluding hydrogens is 388 g/mol. The Labute approximate surface area is 177 Å². The topological polar surface area (TPSA) is 50.6 Å². The number of aromatic nitrogens is 2. The third kappa shape index (κ3) is 4.49. The van der Waals surface area contributed by atoms with Crippen molar-refractivity contribution in [1.82, 2.24) is 19.6 Å². The Morgan fingerprint density at radius 3 is 2.66 bits per heavy atom. The zero-order valence-electron chi connectivity index (χ0n) is 17.2. The van der Waals surface area contributed by atoms with Gasteiger partial charge in [0.2, 0.25) is 0 Å². The molecule has 2 aromatic rings. The molecule has 0 radical (unpaired) electrons. The lowest BCUT2D eigenvalue weighted by Crippen LogP contribution is -2.50. The average Bonchev–Trinajstić information content (AvgIpc) is 3.32. The molecule has 0 bridgehead atoms. The number of hydrogen-bond donors (Lipinski definition) is 0. The molecule has 1 atom stereocenters. The summed E-state index contributed by atoms with van der Waals surface area (Å²) in [7, 11) is 0. The van der Waals surface area contributed by atoms with Gasteiger partial charge in [-0.3, -0.25) is 14.4 Å². The van der Waals surface area contributed by atoms with Crippen LogP contribution >= 0.6 is 11.6 Å². The van der Waals surface area contributed by atoms with E-state index in [9.17, 15) is 4.79 Å². The van der Waals surface area contributed by atoms with Crippen LogP contribution in [0, 0.1) is 13.8 Å². The highest BCUT2D eigenvalue weighted by atomic mass is 35.5. The first-order valence-electron chi connectivity index (χ1n) is 10.4. The Bertz CT molecular complexity index is 868. The summed E-state index contributed by atoms with van der Waals surface area (Å²) in [5, 5.41) is 5.35. The van der Waals surface area contributed by atoms with Crippen LogP contribution in [0.15, 0.2) is 24.3 Å². The fraction of sp³-hybridized carbons (Fsp3) is 0.545. The van der Waals surface area contributed by atoms with Crippen molar-refractivity contribution >= 4 is 17.5 Å². The maximum atomic E-state index is 13.2. The molecule has 29 heavy (non-hydrogen) atoms. The number of benzene rings is 1. The van der Waals surface area contributed by atoms with Crippen molar-refractivity contribution in [2.45, 2.75) is 39.3 Å². The summed E-state index contributed by atoms with van der Waals surface area (Å²) in [4.78, 5) is 17.6. The van der Waals surface area contributed by atoms with Crippen molar-refractivity contribution in [2.24, 2.45) is 0 Å². The summed E-state index contributed by atoms with van der Waals surface area (Å²) in [6.45, 7) is 9.62. The summed E-state index contributed by atoms with van der Waals surface area (Å²) in [6.07, 6.45) is 2.69. The number of piperazine rings is 1. The Balaban J connectivity index is 1.41. The second kappa shape index (κ2) is 8.86. The van der Waals surface area contributed by atoms with Crippen molar-refractivity contribution in [3.63, 3.8) is 0 Å². The van der Waals surface area contributed by atoms with Crippen LogP contribution in [0.2, 0.25) is 5.02 Å². The smallest absolute Gasteiger partial charge is 0.257 e. The van der Waals surface area contributed by atoms with E-state index in [1.165, 1.54) is 6.42 Å². The molecule has 6 nitrogen and oxygen atoms in total. The lowest BCUT2D eigenvalue weighted by Gasteiger charge is -2.35. The van der Waals surface area contributed by atoms with Gasteiger partial charge in [0.05, 0.1) is 23.9 Å². The van der Waals surface area contributed by atoms with E-state index in [2.05, 4.69) is 10.00 Å². The Kier molecular flexibility index (Phi) is 6.23. The highest BCUT2D eigenvalue weighted by molar-refractivity contribution is 6.31. The maximum absolute atomic E-state index is 13.2. The predicted octanol–water partition coefficient (Wildman–Crippen LogP) is 3.14. The maximum Gasteiger partial charge on any atom is 0.257 e. The van der Waals surface area contributed by atoms with E-state index in [0.717, 1.165) is 73.3 Å².